The second-order valence-corrected chi connectivity index (χ2v) is 6.09. The molecule has 0 aliphatic heterocycles. The van der Waals surface area contributed by atoms with Crippen molar-refractivity contribution in [2.45, 2.75) is 39.0 Å². The predicted molar refractivity (Wildman–Crippen MR) is 78.7 cm³/mol. The van der Waals surface area contributed by atoms with Gasteiger partial charge in [-0.15, -0.1) is 0 Å². The molecule has 5 heteroatoms. The lowest BCUT2D eigenvalue weighted by atomic mass is 9.90. The van der Waals surface area contributed by atoms with Gasteiger partial charge in [-0.25, -0.2) is 0 Å². The summed E-state index contributed by atoms with van der Waals surface area (Å²) in [5, 5.41) is 0. The molecule has 2 rings (SSSR count). The second-order valence-electron chi connectivity index (χ2n) is 6.09. The minimum Gasteiger partial charge on any atom is -0.487 e. The van der Waals surface area contributed by atoms with Crippen LogP contribution in [0.2, 0.25) is 0 Å². The number of halogens is 3. The summed E-state index contributed by atoms with van der Waals surface area (Å²) in [6.45, 7) is 5.53. The Hall–Kier alpha value is -2.04. The van der Waals surface area contributed by atoms with E-state index < -0.39 is 17.2 Å². The highest BCUT2D eigenvalue weighted by Gasteiger charge is 2.36. The van der Waals surface area contributed by atoms with Crippen molar-refractivity contribution in [2.75, 3.05) is 0 Å². The molecule has 22 heavy (non-hydrogen) atoms. The quantitative estimate of drug-likeness (QED) is 0.798. The molecule has 0 fully saturated rings. The van der Waals surface area contributed by atoms with Crippen molar-refractivity contribution >= 4 is 0 Å². The van der Waals surface area contributed by atoms with Crippen molar-refractivity contribution in [3.8, 4) is 5.75 Å². The Kier molecular flexibility index (Phi) is 4.44. The minimum absolute atomic E-state index is 0.0699. The van der Waals surface area contributed by atoms with E-state index in [0.29, 0.717) is 5.69 Å². The Labute approximate surface area is 128 Å². The van der Waals surface area contributed by atoms with E-state index in [1.807, 2.05) is 39.0 Å². The number of alkyl halides is 3. The summed E-state index contributed by atoms with van der Waals surface area (Å²) in [6, 6.07) is 10.1. The van der Waals surface area contributed by atoms with Crippen LogP contribution < -0.4 is 4.74 Å². The van der Waals surface area contributed by atoms with Gasteiger partial charge in [-0.3, -0.25) is 4.98 Å². The average Bonchev–Trinajstić information content (AvgIpc) is 2.44. The maximum Gasteiger partial charge on any atom is 0.420 e. The van der Waals surface area contributed by atoms with Gasteiger partial charge in [0.1, 0.15) is 17.9 Å². The summed E-state index contributed by atoms with van der Waals surface area (Å²) < 4.78 is 45.0. The molecule has 0 atom stereocenters. The Bertz CT molecular complexity index is 631. The standard InChI is InChI=1S/C17H18F3NO/c1-16(2,3)15-9-13(17(18,19)20)14(10-21-15)22-11-12-7-5-4-6-8-12/h4-10H,11H2,1-3H3. The Balaban J connectivity index is 2.30. The van der Waals surface area contributed by atoms with E-state index in [1.165, 1.54) is 0 Å². The summed E-state index contributed by atoms with van der Waals surface area (Å²) in [6.07, 6.45) is -3.32. The number of ether oxygens (including phenoxy) is 1. The van der Waals surface area contributed by atoms with Crippen LogP contribution in [0, 0.1) is 0 Å². The zero-order valence-electron chi connectivity index (χ0n) is 12.7. The normalized spacial score (nSPS) is 12.3. The van der Waals surface area contributed by atoms with Crippen LogP contribution in [0.15, 0.2) is 42.6 Å². The number of hydrogen-bond acceptors (Lipinski definition) is 2. The zero-order valence-corrected chi connectivity index (χ0v) is 12.7. The molecule has 0 N–H and O–H groups in total. The van der Waals surface area contributed by atoms with E-state index in [0.717, 1.165) is 17.8 Å². The molecule has 0 aliphatic rings. The fourth-order valence-corrected chi connectivity index (χ4v) is 1.92. The van der Waals surface area contributed by atoms with E-state index in [2.05, 4.69) is 4.98 Å². The smallest absolute Gasteiger partial charge is 0.420 e. The zero-order chi connectivity index (χ0) is 16.4. The summed E-state index contributed by atoms with van der Waals surface area (Å²) in [5.41, 5.74) is -0.0661. The number of benzene rings is 1. The number of aromatic nitrogens is 1. The summed E-state index contributed by atoms with van der Waals surface area (Å²) in [7, 11) is 0. The Morgan fingerprint density at radius 2 is 1.68 bits per heavy atom. The first-order valence-electron chi connectivity index (χ1n) is 6.92. The number of nitrogens with zero attached hydrogens (tertiary/aromatic N) is 1. The summed E-state index contributed by atoms with van der Waals surface area (Å²) in [5.74, 6) is -0.246. The maximum absolute atomic E-state index is 13.2. The Morgan fingerprint density at radius 1 is 1.05 bits per heavy atom. The van der Waals surface area contributed by atoms with Crippen LogP contribution in [0.5, 0.6) is 5.75 Å². The molecule has 1 heterocycles. The van der Waals surface area contributed by atoms with Gasteiger partial charge in [-0.2, -0.15) is 13.2 Å². The molecule has 0 unspecified atom stereocenters. The first kappa shape index (κ1) is 16.3. The van der Waals surface area contributed by atoms with Gasteiger partial charge in [0.05, 0.1) is 6.20 Å². The van der Waals surface area contributed by atoms with Crippen LogP contribution in [0.3, 0.4) is 0 Å². The van der Waals surface area contributed by atoms with Crippen LogP contribution in [0.1, 0.15) is 37.6 Å². The average molecular weight is 309 g/mol. The first-order chi connectivity index (χ1) is 10.2. The van der Waals surface area contributed by atoms with Gasteiger partial charge in [0.25, 0.3) is 0 Å². The molecule has 0 saturated carbocycles. The molecule has 1 aromatic heterocycles. The van der Waals surface area contributed by atoms with Crippen LogP contribution in [0.25, 0.3) is 0 Å². The highest BCUT2D eigenvalue weighted by molar-refractivity contribution is 5.37. The molecular weight excluding hydrogens is 291 g/mol. The first-order valence-corrected chi connectivity index (χ1v) is 6.92. The predicted octanol–water partition coefficient (Wildman–Crippen LogP) is 4.98. The van der Waals surface area contributed by atoms with Gasteiger partial charge in [0.2, 0.25) is 0 Å². The number of hydrogen-bond donors (Lipinski definition) is 0. The molecule has 2 aromatic rings. The van der Waals surface area contributed by atoms with E-state index in [9.17, 15) is 13.2 Å². The molecule has 0 amide bonds. The van der Waals surface area contributed by atoms with Crippen molar-refractivity contribution in [1.82, 2.24) is 4.98 Å². The Morgan fingerprint density at radius 3 is 2.23 bits per heavy atom. The van der Waals surface area contributed by atoms with Crippen LogP contribution in [-0.2, 0) is 18.2 Å². The third-order valence-electron chi connectivity index (χ3n) is 3.18. The molecule has 0 spiro atoms. The maximum atomic E-state index is 13.2. The molecule has 1 aromatic carbocycles. The van der Waals surface area contributed by atoms with E-state index >= 15 is 0 Å². The third kappa shape index (κ3) is 4.00. The van der Waals surface area contributed by atoms with Gasteiger partial charge in [-0.05, 0) is 11.6 Å². The fourth-order valence-electron chi connectivity index (χ4n) is 1.92. The van der Waals surface area contributed by atoms with Crippen LogP contribution in [-0.4, -0.2) is 4.98 Å². The molecule has 118 valence electrons. The second kappa shape index (κ2) is 5.99. The summed E-state index contributed by atoms with van der Waals surface area (Å²) >= 11 is 0. The van der Waals surface area contributed by atoms with Gasteiger partial charge < -0.3 is 4.74 Å². The summed E-state index contributed by atoms with van der Waals surface area (Å²) in [4.78, 5) is 4.11. The fraction of sp³-hybridized carbons (Fsp3) is 0.353. The van der Waals surface area contributed by atoms with Gasteiger partial charge in [0.15, 0.2) is 0 Å². The third-order valence-corrected chi connectivity index (χ3v) is 3.18. The van der Waals surface area contributed by atoms with Crippen molar-refractivity contribution < 1.29 is 17.9 Å². The SMILES string of the molecule is CC(C)(C)c1cc(C(F)(F)F)c(OCc2ccccc2)cn1. The van der Waals surface area contributed by atoms with Crippen molar-refractivity contribution in [3.05, 3.63) is 59.4 Å². The lowest BCUT2D eigenvalue weighted by Gasteiger charge is -2.21. The highest BCUT2D eigenvalue weighted by atomic mass is 19.4. The van der Waals surface area contributed by atoms with E-state index in [1.54, 1.807) is 12.1 Å². The van der Waals surface area contributed by atoms with Gasteiger partial charge in [-0.1, -0.05) is 51.1 Å². The van der Waals surface area contributed by atoms with Crippen molar-refractivity contribution in [2.24, 2.45) is 0 Å². The van der Waals surface area contributed by atoms with Crippen LogP contribution in [0.4, 0.5) is 13.2 Å². The molecular formula is C17H18F3NO. The van der Waals surface area contributed by atoms with Gasteiger partial charge in [0, 0.05) is 11.1 Å². The lowest BCUT2D eigenvalue weighted by molar-refractivity contribution is -0.139. The monoisotopic (exact) mass is 309 g/mol. The van der Waals surface area contributed by atoms with Gasteiger partial charge >= 0.3 is 6.18 Å². The largest absolute Gasteiger partial charge is 0.487 e. The van der Waals surface area contributed by atoms with E-state index in [4.69, 9.17) is 4.74 Å². The lowest BCUT2D eigenvalue weighted by Crippen LogP contribution is -2.17. The highest BCUT2D eigenvalue weighted by Crippen LogP contribution is 2.38. The molecule has 0 aliphatic carbocycles. The topological polar surface area (TPSA) is 22.1 Å². The molecule has 0 bridgehead atoms. The molecule has 2 nitrogen and oxygen atoms in total. The number of pyridine rings is 1. The minimum atomic E-state index is -4.48. The van der Waals surface area contributed by atoms with Crippen LogP contribution >= 0.6 is 0 Å². The molecule has 0 saturated heterocycles. The van der Waals surface area contributed by atoms with Crippen molar-refractivity contribution in [3.63, 3.8) is 0 Å². The van der Waals surface area contributed by atoms with Crippen molar-refractivity contribution in [1.29, 1.82) is 0 Å². The van der Waals surface area contributed by atoms with E-state index in [-0.39, 0.29) is 12.4 Å². The number of rotatable bonds is 3. The molecule has 0 radical (unpaired) electrons.